The van der Waals surface area contributed by atoms with Crippen LogP contribution in [0.3, 0.4) is 0 Å². The Morgan fingerprint density at radius 2 is 1.34 bits per heavy atom. The van der Waals surface area contributed by atoms with E-state index in [1.807, 2.05) is 0 Å². The van der Waals surface area contributed by atoms with E-state index in [0.29, 0.717) is 6.17 Å². The molecule has 170 valence electrons. The summed E-state index contributed by atoms with van der Waals surface area (Å²) in [6, 6.07) is 0. The van der Waals surface area contributed by atoms with Crippen molar-refractivity contribution in [3.63, 3.8) is 0 Å². The third-order valence-corrected chi connectivity index (χ3v) is 6.63. The highest BCUT2D eigenvalue weighted by Crippen LogP contribution is 2.22. The van der Waals surface area contributed by atoms with E-state index in [-0.39, 0.29) is 6.61 Å². The van der Waals surface area contributed by atoms with E-state index in [0.717, 1.165) is 17.6 Å². The molecule has 0 saturated heterocycles. The molecule has 3 nitrogen and oxygen atoms in total. The molecule has 0 fully saturated rings. The Balaban J connectivity index is 1.89. The first-order chi connectivity index (χ1) is 14.3. The van der Waals surface area contributed by atoms with Gasteiger partial charge in [0.1, 0.15) is 12.7 Å². The Morgan fingerprint density at radius 1 is 0.793 bits per heavy atom. The van der Waals surface area contributed by atoms with Crippen molar-refractivity contribution in [1.82, 2.24) is 5.32 Å². The summed E-state index contributed by atoms with van der Waals surface area (Å²) in [4.78, 5) is 0. The van der Waals surface area contributed by atoms with Crippen molar-refractivity contribution in [2.24, 2.45) is 0 Å². The van der Waals surface area contributed by atoms with Crippen molar-refractivity contribution >= 4 is 0 Å². The van der Waals surface area contributed by atoms with Crippen LogP contribution in [0.25, 0.3) is 0 Å². The van der Waals surface area contributed by atoms with Gasteiger partial charge in [0, 0.05) is 6.42 Å². The molecular weight excluding hydrogens is 356 g/mol. The van der Waals surface area contributed by atoms with E-state index in [1.54, 1.807) is 0 Å². The molecule has 0 saturated carbocycles. The van der Waals surface area contributed by atoms with E-state index in [1.165, 1.54) is 103 Å². The largest absolute Gasteiger partial charge is 0.390 e. The first-order valence-corrected chi connectivity index (χ1v) is 12.8. The van der Waals surface area contributed by atoms with Crippen LogP contribution in [0.4, 0.5) is 0 Å². The number of unbranched alkanes of at least 4 members (excludes halogenated alkanes) is 13. The summed E-state index contributed by atoms with van der Waals surface area (Å²) in [5.74, 6) is 0. The molecule has 1 rings (SSSR count). The van der Waals surface area contributed by atoms with Crippen molar-refractivity contribution in [3.8, 4) is 0 Å². The van der Waals surface area contributed by atoms with Gasteiger partial charge in [0.05, 0.1) is 19.4 Å². The van der Waals surface area contributed by atoms with Crippen molar-refractivity contribution in [2.75, 3.05) is 19.7 Å². The van der Waals surface area contributed by atoms with Crippen molar-refractivity contribution in [3.05, 3.63) is 24.6 Å². The van der Waals surface area contributed by atoms with Crippen LogP contribution in [0.15, 0.2) is 24.6 Å². The van der Waals surface area contributed by atoms with Crippen LogP contribution in [0.5, 0.6) is 0 Å². The van der Waals surface area contributed by atoms with Gasteiger partial charge in [-0.05, 0) is 32.6 Å². The molecular formula is C26H51N2O+. The summed E-state index contributed by atoms with van der Waals surface area (Å²) in [5, 5.41) is 12.9. The maximum atomic E-state index is 9.37. The lowest BCUT2D eigenvalue weighted by atomic mass is 10.0. The molecule has 0 aromatic rings. The molecule has 2 N–H and O–H groups in total. The monoisotopic (exact) mass is 407 g/mol. The molecule has 2 atom stereocenters. The zero-order valence-corrected chi connectivity index (χ0v) is 19.7. The molecule has 2 unspecified atom stereocenters. The van der Waals surface area contributed by atoms with E-state index < -0.39 is 0 Å². The number of aliphatic hydroxyl groups is 1. The zero-order valence-electron chi connectivity index (χ0n) is 19.7. The highest BCUT2D eigenvalue weighted by Gasteiger charge is 2.35. The molecule has 1 heterocycles. The van der Waals surface area contributed by atoms with Crippen LogP contribution < -0.4 is 5.32 Å². The SMILES string of the molecule is CCCCCCCCCCCCCC/C=C/CCCC1NC=C[N+]1(CC)CCO. The summed E-state index contributed by atoms with van der Waals surface area (Å²) >= 11 is 0. The van der Waals surface area contributed by atoms with Gasteiger partial charge in [0.2, 0.25) is 0 Å². The quantitative estimate of drug-likeness (QED) is 0.129. The minimum atomic E-state index is 0.259. The Labute approximate surface area is 182 Å². The van der Waals surface area contributed by atoms with Crippen molar-refractivity contribution in [2.45, 2.75) is 123 Å². The predicted molar refractivity (Wildman–Crippen MR) is 128 cm³/mol. The first kappa shape index (κ1) is 26.2. The number of likely N-dealkylation sites (N-methyl/N-ethyl adjacent to an activating group) is 1. The third-order valence-electron chi connectivity index (χ3n) is 6.63. The van der Waals surface area contributed by atoms with Gasteiger partial charge in [-0.2, -0.15) is 0 Å². The van der Waals surface area contributed by atoms with Gasteiger partial charge in [-0.3, -0.25) is 4.48 Å². The summed E-state index contributed by atoms with van der Waals surface area (Å²) in [7, 11) is 0. The number of hydrogen-bond acceptors (Lipinski definition) is 2. The van der Waals surface area contributed by atoms with Crippen LogP contribution >= 0.6 is 0 Å². The molecule has 0 radical (unpaired) electrons. The summed E-state index contributed by atoms with van der Waals surface area (Å²) in [5.41, 5.74) is 0. The molecule has 3 heteroatoms. The average Bonchev–Trinajstić information content (AvgIpc) is 3.13. The van der Waals surface area contributed by atoms with Gasteiger partial charge < -0.3 is 10.4 Å². The van der Waals surface area contributed by atoms with E-state index in [2.05, 4.69) is 43.7 Å². The first-order valence-electron chi connectivity index (χ1n) is 12.8. The third kappa shape index (κ3) is 11.8. The van der Waals surface area contributed by atoms with Gasteiger partial charge in [-0.25, -0.2) is 0 Å². The molecule has 0 aromatic heterocycles. The Morgan fingerprint density at radius 3 is 1.90 bits per heavy atom. The van der Waals surface area contributed by atoms with E-state index in [9.17, 15) is 5.11 Å². The normalized spacial score (nSPS) is 21.3. The minimum absolute atomic E-state index is 0.259. The minimum Gasteiger partial charge on any atom is -0.390 e. The second kappa shape index (κ2) is 18.0. The van der Waals surface area contributed by atoms with Gasteiger partial charge in [0.25, 0.3) is 0 Å². The summed E-state index contributed by atoms with van der Waals surface area (Å²) in [6.45, 7) is 6.63. The Kier molecular flexibility index (Phi) is 16.3. The number of nitrogens with zero attached hydrogens (tertiary/aromatic N) is 1. The van der Waals surface area contributed by atoms with Crippen LogP contribution in [0.2, 0.25) is 0 Å². The summed E-state index contributed by atoms with van der Waals surface area (Å²) in [6.07, 6.45) is 31.4. The zero-order chi connectivity index (χ0) is 21.0. The molecule has 29 heavy (non-hydrogen) atoms. The Hall–Kier alpha value is -0.800. The fraction of sp³-hybridized carbons (Fsp3) is 0.846. The lowest BCUT2D eigenvalue weighted by Crippen LogP contribution is -2.54. The fourth-order valence-electron chi connectivity index (χ4n) is 4.56. The van der Waals surface area contributed by atoms with Crippen molar-refractivity contribution in [1.29, 1.82) is 0 Å². The van der Waals surface area contributed by atoms with Gasteiger partial charge in [0.15, 0.2) is 6.17 Å². The number of allylic oxidation sites excluding steroid dienone is 2. The molecule has 0 aliphatic carbocycles. The van der Waals surface area contributed by atoms with Crippen molar-refractivity contribution < 1.29 is 9.59 Å². The number of quaternary nitrogens is 1. The molecule has 0 aromatic carbocycles. The summed E-state index contributed by atoms with van der Waals surface area (Å²) < 4.78 is 0.888. The molecule has 0 bridgehead atoms. The van der Waals surface area contributed by atoms with Crippen LogP contribution in [0, 0.1) is 0 Å². The second-order valence-corrected chi connectivity index (χ2v) is 8.94. The lowest BCUT2D eigenvalue weighted by Gasteiger charge is -2.36. The molecule has 0 amide bonds. The van der Waals surface area contributed by atoms with E-state index >= 15 is 0 Å². The van der Waals surface area contributed by atoms with Crippen LogP contribution in [-0.2, 0) is 0 Å². The fourth-order valence-corrected chi connectivity index (χ4v) is 4.56. The topological polar surface area (TPSA) is 32.3 Å². The van der Waals surface area contributed by atoms with Crippen LogP contribution in [0.1, 0.15) is 117 Å². The van der Waals surface area contributed by atoms with Gasteiger partial charge in [-0.1, -0.05) is 89.7 Å². The number of aliphatic hydroxyl groups excluding tert-OH is 1. The van der Waals surface area contributed by atoms with Gasteiger partial charge >= 0.3 is 0 Å². The molecule has 0 spiro atoms. The average molecular weight is 408 g/mol. The second-order valence-electron chi connectivity index (χ2n) is 8.94. The number of hydrogen-bond donors (Lipinski definition) is 2. The lowest BCUT2D eigenvalue weighted by molar-refractivity contribution is -0.900. The maximum absolute atomic E-state index is 9.37. The standard InChI is InChI=1S/C26H51N2O/c1-3-5-6-7-8-9-10-11-12-13-14-15-16-17-18-19-20-21-26-27-22-23-28(26,4-2)24-25-29/h17-18,22-23,26-27,29H,3-16,19-21,24-25H2,1-2H3/q+1/b18-17+. The highest BCUT2D eigenvalue weighted by atomic mass is 16.3. The van der Waals surface area contributed by atoms with Crippen LogP contribution in [-0.4, -0.2) is 35.5 Å². The number of rotatable bonds is 20. The predicted octanol–water partition coefficient (Wildman–Crippen LogP) is 7.03. The smallest absolute Gasteiger partial charge is 0.166 e. The Bertz CT molecular complexity index is 421. The van der Waals surface area contributed by atoms with E-state index in [4.69, 9.17) is 0 Å². The maximum Gasteiger partial charge on any atom is 0.166 e. The molecule has 1 aliphatic heterocycles. The number of nitrogens with one attached hydrogen (secondary N) is 1. The molecule has 1 aliphatic rings. The highest BCUT2D eigenvalue weighted by molar-refractivity contribution is 4.86. The van der Waals surface area contributed by atoms with Gasteiger partial charge in [-0.15, -0.1) is 0 Å².